The van der Waals surface area contributed by atoms with E-state index in [1.165, 1.54) is 45.3 Å². The minimum absolute atomic E-state index is 0.0625. The van der Waals surface area contributed by atoms with Gasteiger partial charge in [0.05, 0.1) is 12.2 Å². The molecule has 0 saturated carbocycles. The molecule has 2 heterocycles. The lowest BCUT2D eigenvalue weighted by molar-refractivity contribution is -0.0862. The standard InChI is InChI=1S/C14H28N2O/c1-14(2)12-16(10-11-17-14)9-3-4-13-5-7-15-8-6-13/h13,15H,3-12H2,1-2H3. The summed E-state index contributed by atoms with van der Waals surface area (Å²) in [5.74, 6) is 0.977. The molecule has 2 aliphatic heterocycles. The first kappa shape index (κ1) is 13.3. The van der Waals surface area contributed by atoms with Crippen molar-refractivity contribution >= 4 is 0 Å². The van der Waals surface area contributed by atoms with Gasteiger partial charge < -0.3 is 10.1 Å². The maximum atomic E-state index is 5.74. The van der Waals surface area contributed by atoms with E-state index < -0.39 is 0 Å². The molecule has 3 heteroatoms. The predicted octanol–water partition coefficient (Wildman–Crippen LogP) is 1.88. The van der Waals surface area contributed by atoms with Crippen molar-refractivity contribution in [1.82, 2.24) is 10.2 Å². The van der Waals surface area contributed by atoms with Gasteiger partial charge in [0.2, 0.25) is 0 Å². The Morgan fingerprint density at radius 2 is 2.06 bits per heavy atom. The first-order valence-corrected chi connectivity index (χ1v) is 7.23. The molecule has 0 aromatic heterocycles. The third-order valence-electron chi connectivity index (χ3n) is 4.05. The van der Waals surface area contributed by atoms with Gasteiger partial charge in [-0.2, -0.15) is 0 Å². The Morgan fingerprint density at radius 3 is 2.76 bits per heavy atom. The van der Waals surface area contributed by atoms with Crippen LogP contribution in [0.4, 0.5) is 0 Å². The zero-order valence-corrected chi connectivity index (χ0v) is 11.5. The average Bonchev–Trinajstić information content (AvgIpc) is 2.29. The van der Waals surface area contributed by atoms with Crippen molar-refractivity contribution in [3.63, 3.8) is 0 Å². The molecule has 0 aromatic rings. The van der Waals surface area contributed by atoms with Crippen LogP contribution < -0.4 is 5.32 Å². The molecule has 0 aromatic carbocycles. The number of rotatable bonds is 4. The van der Waals surface area contributed by atoms with Crippen LogP contribution in [0.3, 0.4) is 0 Å². The van der Waals surface area contributed by atoms with Crippen molar-refractivity contribution in [3.05, 3.63) is 0 Å². The van der Waals surface area contributed by atoms with Crippen molar-refractivity contribution in [3.8, 4) is 0 Å². The minimum Gasteiger partial charge on any atom is -0.373 e. The van der Waals surface area contributed by atoms with E-state index in [0.717, 1.165) is 25.6 Å². The molecule has 1 N–H and O–H groups in total. The highest BCUT2D eigenvalue weighted by molar-refractivity contribution is 4.79. The maximum absolute atomic E-state index is 5.74. The molecule has 2 fully saturated rings. The Balaban J connectivity index is 1.61. The first-order chi connectivity index (χ1) is 8.16. The third-order valence-corrected chi connectivity index (χ3v) is 4.05. The molecule has 0 spiro atoms. The van der Waals surface area contributed by atoms with Crippen molar-refractivity contribution in [2.75, 3.05) is 39.3 Å². The van der Waals surface area contributed by atoms with Crippen molar-refractivity contribution in [2.24, 2.45) is 5.92 Å². The summed E-state index contributed by atoms with van der Waals surface area (Å²) in [6.45, 7) is 11.2. The third kappa shape index (κ3) is 4.57. The highest BCUT2D eigenvalue weighted by atomic mass is 16.5. The van der Waals surface area contributed by atoms with Crippen molar-refractivity contribution in [2.45, 2.75) is 45.1 Å². The molecule has 0 atom stereocenters. The predicted molar refractivity (Wildman–Crippen MR) is 71.3 cm³/mol. The fourth-order valence-electron chi connectivity index (χ4n) is 3.08. The Bertz CT molecular complexity index is 224. The normalized spacial score (nSPS) is 27.2. The second kappa shape index (κ2) is 6.17. The van der Waals surface area contributed by atoms with Gasteiger partial charge in [-0.25, -0.2) is 0 Å². The van der Waals surface area contributed by atoms with Gasteiger partial charge in [0, 0.05) is 13.1 Å². The van der Waals surface area contributed by atoms with Crippen molar-refractivity contribution < 1.29 is 4.74 Å². The summed E-state index contributed by atoms with van der Waals surface area (Å²) in [4.78, 5) is 2.57. The number of ether oxygens (including phenoxy) is 1. The highest BCUT2D eigenvalue weighted by Gasteiger charge is 2.26. The van der Waals surface area contributed by atoms with E-state index >= 15 is 0 Å². The summed E-state index contributed by atoms with van der Waals surface area (Å²) in [7, 11) is 0. The summed E-state index contributed by atoms with van der Waals surface area (Å²) in [5, 5.41) is 3.44. The van der Waals surface area contributed by atoms with E-state index in [-0.39, 0.29) is 5.60 Å². The van der Waals surface area contributed by atoms with E-state index in [0.29, 0.717) is 0 Å². The summed E-state index contributed by atoms with van der Waals surface area (Å²) in [6.07, 6.45) is 5.55. The Kier molecular flexibility index (Phi) is 4.83. The molecule has 0 bridgehead atoms. The maximum Gasteiger partial charge on any atom is 0.0753 e. The van der Waals surface area contributed by atoms with E-state index in [4.69, 9.17) is 4.74 Å². The van der Waals surface area contributed by atoms with Gasteiger partial charge in [-0.15, -0.1) is 0 Å². The fraction of sp³-hybridized carbons (Fsp3) is 1.00. The molecule has 2 aliphatic rings. The molecule has 0 radical (unpaired) electrons. The molecule has 100 valence electrons. The highest BCUT2D eigenvalue weighted by Crippen LogP contribution is 2.20. The lowest BCUT2D eigenvalue weighted by atomic mass is 9.93. The van der Waals surface area contributed by atoms with Crippen molar-refractivity contribution in [1.29, 1.82) is 0 Å². The lowest BCUT2D eigenvalue weighted by Crippen LogP contribution is -2.48. The number of hydrogen-bond donors (Lipinski definition) is 1. The minimum atomic E-state index is 0.0625. The molecule has 2 rings (SSSR count). The van der Waals surface area contributed by atoms with Gasteiger partial charge in [0.25, 0.3) is 0 Å². The number of nitrogens with one attached hydrogen (secondary N) is 1. The second-order valence-corrected chi connectivity index (χ2v) is 6.22. The van der Waals surface area contributed by atoms with Gasteiger partial charge in [-0.05, 0) is 65.1 Å². The van der Waals surface area contributed by atoms with Crippen LogP contribution in [0.25, 0.3) is 0 Å². The Hall–Kier alpha value is -0.120. The van der Waals surface area contributed by atoms with Crippen LogP contribution in [-0.4, -0.2) is 49.8 Å². The Labute approximate surface area is 106 Å². The van der Waals surface area contributed by atoms with Gasteiger partial charge in [0.15, 0.2) is 0 Å². The summed E-state index contributed by atoms with van der Waals surface area (Å²) >= 11 is 0. The molecule has 0 aliphatic carbocycles. The molecule has 3 nitrogen and oxygen atoms in total. The number of nitrogens with zero attached hydrogens (tertiary/aromatic N) is 1. The van der Waals surface area contributed by atoms with Crippen LogP contribution in [0.2, 0.25) is 0 Å². The van der Waals surface area contributed by atoms with E-state index in [9.17, 15) is 0 Å². The lowest BCUT2D eigenvalue weighted by Gasteiger charge is -2.38. The molecule has 0 amide bonds. The summed E-state index contributed by atoms with van der Waals surface area (Å²) in [6, 6.07) is 0. The van der Waals surface area contributed by atoms with Gasteiger partial charge in [-0.3, -0.25) is 4.90 Å². The van der Waals surface area contributed by atoms with Crippen LogP contribution in [0.5, 0.6) is 0 Å². The zero-order valence-electron chi connectivity index (χ0n) is 11.5. The number of morpholine rings is 1. The van der Waals surface area contributed by atoms with Crippen LogP contribution in [-0.2, 0) is 4.74 Å². The monoisotopic (exact) mass is 240 g/mol. The van der Waals surface area contributed by atoms with E-state index in [2.05, 4.69) is 24.1 Å². The van der Waals surface area contributed by atoms with Gasteiger partial charge in [-0.1, -0.05) is 0 Å². The smallest absolute Gasteiger partial charge is 0.0753 e. The van der Waals surface area contributed by atoms with Crippen LogP contribution in [0.15, 0.2) is 0 Å². The molecule has 2 saturated heterocycles. The van der Waals surface area contributed by atoms with Crippen LogP contribution in [0.1, 0.15) is 39.5 Å². The average molecular weight is 240 g/mol. The fourth-order valence-corrected chi connectivity index (χ4v) is 3.08. The quantitative estimate of drug-likeness (QED) is 0.812. The molecule has 17 heavy (non-hydrogen) atoms. The zero-order chi connectivity index (χ0) is 12.1. The second-order valence-electron chi connectivity index (χ2n) is 6.22. The number of hydrogen-bond acceptors (Lipinski definition) is 3. The molecular formula is C14H28N2O. The first-order valence-electron chi connectivity index (χ1n) is 7.23. The van der Waals surface area contributed by atoms with Gasteiger partial charge >= 0.3 is 0 Å². The largest absolute Gasteiger partial charge is 0.373 e. The van der Waals surface area contributed by atoms with Crippen LogP contribution in [0, 0.1) is 5.92 Å². The number of piperidine rings is 1. The Morgan fingerprint density at radius 1 is 1.29 bits per heavy atom. The summed E-state index contributed by atoms with van der Waals surface area (Å²) in [5.41, 5.74) is 0.0625. The summed E-state index contributed by atoms with van der Waals surface area (Å²) < 4.78 is 5.74. The topological polar surface area (TPSA) is 24.5 Å². The molecular weight excluding hydrogens is 212 g/mol. The van der Waals surface area contributed by atoms with Crippen LogP contribution >= 0.6 is 0 Å². The van der Waals surface area contributed by atoms with E-state index in [1.807, 2.05) is 0 Å². The molecule has 0 unspecified atom stereocenters. The SMILES string of the molecule is CC1(C)CN(CCCC2CCNCC2)CCO1. The van der Waals surface area contributed by atoms with Gasteiger partial charge in [0.1, 0.15) is 0 Å². The van der Waals surface area contributed by atoms with E-state index in [1.54, 1.807) is 0 Å².